The van der Waals surface area contributed by atoms with Crippen molar-refractivity contribution in [1.82, 2.24) is 5.32 Å². The molecule has 0 spiro atoms. The molecule has 0 aliphatic carbocycles. The standard InChI is InChI=1S/C9H19N2O2.Y/c10-5-1-3-7-13-8-4-2-6-11-9-12;/h1-8,10H2,(H,11,12);/q-1;. The van der Waals surface area contributed by atoms with Crippen LogP contribution in [0.15, 0.2) is 0 Å². The first-order valence-electron chi connectivity index (χ1n) is 4.79. The quantitative estimate of drug-likeness (QED) is 0.340. The second-order valence-electron chi connectivity index (χ2n) is 2.84. The van der Waals surface area contributed by atoms with Gasteiger partial charge in [0.15, 0.2) is 0 Å². The van der Waals surface area contributed by atoms with Crippen LogP contribution >= 0.6 is 0 Å². The topological polar surface area (TPSA) is 64.3 Å². The molecule has 0 aromatic heterocycles. The largest absolute Gasteiger partial charge is 0.530 e. The van der Waals surface area contributed by atoms with Crippen LogP contribution < -0.4 is 11.1 Å². The Hall–Kier alpha value is 0.494. The zero-order chi connectivity index (χ0) is 9.78. The average Bonchev–Trinajstić information content (AvgIpc) is 2.16. The number of rotatable bonds is 10. The van der Waals surface area contributed by atoms with Gasteiger partial charge < -0.3 is 20.6 Å². The van der Waals surface area contributed by atoms with Crippen molar-refractivity contribution in [2.75, 3.05) is 26.3 Å². The van der Waals surface area contributed by atoms with Gasteiger partial charge in [-0.15, -0.1) is 0 Å². The summed E-state index contributed by atoms with van der Waals surface area (Å²) in [4.78, 5) is 9.73. The van der Waals surface area contributed by atoms with Crippen LogP contribution in [-0.2, 0) is 42.2 Å². The van der Waals surface area contributed by atoms with Crippen molar-refractivity contribution in [3.05, 3.63) is 0 Å². The van der Waals surface area contributed by atoms with Crippen LogP contribution in [0.5, 0.6) is 0 Å². The first kappa shape index (κ1) is 16.9. The number of unbranched alkanes of at least 4 members (excludes halogenated alkanes) is 2. The molecular weight excluding hydrogens is 257 g/mol. The maximum absolute atomic E-state index is 9.73. The van der Waals surface area contributed by atoms with E-state index in [1.807, 2.05) is 0 Å². The Balaban J connectivity index is 0. The van der Waals surface area contributed by atoms with Crippen molar-refractivity contribution in [2.45, 2.75) is 25.7 Å². The number of hydrogen-bond donors (Lipinski definition) is 2. The molecule has 0 aromatic rings. The molecule has 0 heterocycles. The van der Waals surface area contributed by atoms with Crippen molar-refractivity contribution in [3.8, 4) is 0 Å². The summed E-state index contributed by atoms with van der Waals surface area (Å²) in [5, 5.41) is 2.48. The number of amides is 1. The Kier molecular flexibility index (Phi) is 19.3. The van der Waals surface area contributed by atoms with Gasteiger partial charge in [0.05, 0.1) is 0 Å². The van der Waals surface area contributed by atoms with Crippen molar-refractivity contribution in [2.24, 2.45) is 5.73 Å². The van der Waals surface area contributed by atoms with Gasteiger partial charge in [0.25, 0.3) is 0 Å². The molecule has 0 bridgehead atoms. The molecule has 1 amide bonds. The number of hydrogen-bond acceptors (Lipinski definition) is 3. The van der Waals surface area contributed by atoms with Gasteiger partial charge in [-0.25, -0.2) is 0 Å². The van der Waals surface area contributed by atoms with E-state index in [-0.39, 0.29) is 32.7 Å². The number of nitrogens with two attached hydrogens (primary N) is 1. The molecule has 0 saturated carbocycles. The molecule has 0 aliphatic heterocycles. The van der Waals surface area contributed by atoms with Crippen molar-refractivity contribution < 1.29 is 42.2 Å². The Morgan fingerprint density at radius 1 is 1.14 bits per heavy atom. The van der Waals surface area contributed by atoms with Crippen molar-refractivity contribution >= 4 is 6.41 Å². The first-order valence-corrected chi connectivity index (χ1v) is 4.79. The molecule has 0 unspecified atom stereocenters. The molecule has 14 heavy (non-hydrogen) atoms. The van der Waals surface area contributed by atoms with Crippen LogP contribution in [0.4, 0.5) is 0 Å². The third kappa shape index (κ3) is 15.0. The summed E-state index contributed by atoms with van der Waals surface area (Å²) in [7, 11) is 0. The smallest absolute Gasteiger partial charge is 0.0466 e. The molecule has 81 valence electrons. The fourth-order valence-corrected chi connectivity index (χ4v) is 0.919. The molecule has 5 heteroatoms. The molecule has 0 fully saturated rings. The van der Waals surface area contributed by atoms with Crippen molar-refractivity contribution in [1.29, 1.82) is 0 Å². The first-order chi connectivity index (χ1) is 6.41. The minimum Gasteiger partial charge on any atom is -0.530 e. The van der Waals surface area contributed by atoms with E-state index in [9.17, 15) is 4.79 Å². The van der Waals surface area contributed by atoms with Gasteiger partial charge in [0, 0.05) is 45.9 Å². The third-order valence-corrected chi connectivity index (χ3v) is 1.66. The maximum atomic E-state index is 9.73. The van der Waals surface area contributed by atoms with Crippen LogP contribution in [0, 0.1) is 0 Å². The summed E-state index contributed by atoms with van der Waals surface area (Å²) in [5.41, 5.74) is 5.32. The summed E-state index contributed by atoms with van der Waals surface area (Å²) in [6.45, 7) is 2.99. The molecule has 0 atom stereocenters. The number of nitrogens with one attached hydrogen (secondary N) is 1. The molecule has 0 saturated heterocycles. The monoisotopic (exact) mass is 276 g/mol. The van der Waals surface area contributed by atoms with E-state index in [1.165, 1.54) is 0 Å². The van der Waals surface area contributed by atoms with Crippen LogP contribution in [-0.4, -0.2) is 32.7 Å². The second-order valence-corrected chi connectivity index (χ2v) is 2.84. The van der Waals surface area contributed by atoms with Gasteiger partial charge >= 0.3 is 0 Å². The predicted octanol–water partition coefficient (Wildman–Crippen LogP) is 0.176. The summed E-state index contributed by atoms with van der Waals surface area (Å²) in [6, 6.07) is 0. The van der Waals surface area contributed by atoms with E-state index in [0.717, 1.165) is 45.4 Å². The van der Waals surface area contributed by atoms with E-state index >= 15 is 0 Å². The Morgan fingerprint density at radius 2 is 1.79 bits per heavy atom. The molecule has 1 radical (unpaired) electrons. The van der Waals surface area contributed by atoms with E-state index in [4.69, 9.17) is 10.5 Å². The van der Waals surface area contributed by atoms with E-state index in [0.29, 0.717) is 6.54 Å². The number of ether oxygens (including phenoxy) is 1. The van der Waals surface area contributed by atoms with Gasteiger partial charge in [-0.1, -0.05) is 0 Å². The zero-order valence-corrected chi connectivity index (χ0v) is 11.5. The van der Waals surface area contributed by atoms with Crippen LogP contribution in [0.3, 0.4) is 0 Å². The van der Waals surface area contributed by atoms with Gasteiger partial charge in [-0.05, 0) is 38.8 Å². The second kappa shape index (κ2) is 15.9. The summed E-state index contributed by atoms with van der Waals surface area (Å²) < 4.78 is 5.33. The van der Waals surface area contributed by atoms with E-state index < -0.39 is 0 Å². The average molecular weight is 276 g/mol. The summed E-state index contributed by atoms with van der Waals surface area (Å²) in [5.74, 6) is 0. The molecule has 3 N–H and O–H groups in total. The molecule has 0 rings (SSSR count). The SMILES string of the molecule is NCCCCOCCCCN[C-]=O.[Y]. The Bertz CT molecular complexity index is 115. The minimum absolute atomic E-state index is 0. The Labute approximate surface area is 111 Å². The predicted molar refractivity (Wildman–Crippen MR) is 52.0 cm³/mol. The zero-order valence-electron chi connectivity index (χ0n) is 8.63. The third-order valence-electron chi connectivity index (χ3n) is 1.66. The fraction of sp³-hybridized carbons (Fsp3) is 0.889. The van der Waals surface area contributed by atoms with E-state index in [1.54, 1.807) is 6.41 Å². The Morgan fingerprint density at radius 3 is 2.36 bits per heavy atom. The van der Waals surface area contributed by atoms with Gasteiger partial charge in [-0.2, -0.15) is 6.41 Å². The molecular formula is C9H19N2O2Y-. The summed E-state index contributed by atoms with van der Waals surface area (Å²) >= 11 is 0. The van der Waals surface area contributed by atoms with Gasteiger partial charge in [-0.3, -0.25) is 0 Å². The normalized spacial score (nSPS) is 9.21. The van der Waals surface area contributed by atoms with Gasteiger partial charge in [0.1, 0.15) is 0 Å². The van der Waals surface area contributed by atoms with Crippen LogP contribution in [0.2, 0.25) is 0 Å². The maximum Gasteiger partial charge on any atom is 0.0466 e. The number of carbonyl (C=O) groups excluding carboxylic acids is 1. The van der Waals surface area contributed by atoms with Crippen LogP contribution in [0.25, 0.3) is 0 Å². The molecule has 4 nitrogen and oxygen atoms in total. The van der Waals surface area contributed by atoms with E-state index in [2.05, 4.69) is 5.32 Å². The minimum atomic E-state index is 0. The molecule has 0 aromatic carbocycles. The van der Waals surface area contributed by atoms with Crippen LogP contribution in [0.1, 0.15) is 25.7 Å². The van der Waals surface area contributed by atoms with Gasteiger partial charge in [0.2, 0.25) is 0 Å². The summed E-state index contributed by atoms with van der Waals surface area (Å²) in [6.07, 6.45) is 5.63. The fourth-order valence-electron chi connectivity index (χ4n) is 0.919. The molecule has 0 aliphatic rings. The van der Waals surface area contributed by atoms with Crippen molar-refractivity contribution in [3.63, 3.8) is 0 Å².